The number of nitrogens with one attached hydrogen (secondary N) is 1. The lowest BCUT2D eigenvalue weighted by atomic mass is 10.1. The molecule has 1 atom stereocenters. The van der Waals surface area contributed by atoms with Gasteiger partial charge in [0, 0.05) is 12.0 Å². The Balaban J connectivity index is 1.76. The van der Waals surface area contributed by atoms with Crippen molar-refractivity contribution in [2.45, 2.75) is 12.5 Å². The monoisotopic (exact) mass is 335 g/mol. The number of benzene rings is 2. The van der Waals surface area contributed by atoms with Crippen molar-refractivity contribution in [3.8, 4) is 5.75 Å². The fourth-order valence-corrected chi connectivity index (χ4v) is 2.98. The van der Waals surface area contributed by atoms with Crippen molar-refractivity contribution in [2.75, 3.05) is 7.11 Å². The maximum atomic E-state index is 6.22. The van der Waals surface area contributed by atoms with E-state index >= 15 is 0 Å². The average molecular weight is 336 g/mol. The normalized spacial score (nSPS) is 17.0. The minimum Gasteiger partial charge on any atom is -0.497 e. The molecule has 1 aliphatic heterocycles. The summed E-state index contributed by atoms with van der Waals surface area (Å²) >= 11 is 12.4. The number of hydroxylamine groups is 1. The molecule has 114 valence electrons. The zero-order valence-corrected chi connectivity index (χ0v) is 13.5. The Hall–Kier alpha value is -1.68. The first kappa shape index (κ1) is 15.2. The van der Waals surface area contributed by atoms with E-state index in [0.29, 0.717) is 10.0 Å². The van der Waals surface area contributed by atoms with Gasteiger partial charge in [0.2, 0.25) is 0 Å². The summed E-state index contributed by atoms with van der Waals surface area (Å²) < 4.78 is 5.16. The van der Waals surface area contributed by atoms with Crippen molar-refractivity contribution in [1.29, 1.82) is 0 Å². The molecule has 1 aliphatic rings. The largest absolute Gasteiger partial charge is 0.497 e. The fourth-order valence-electron chi connectivity index (χ4n) is 2.38. The van der Waals surface area contributed by atoms with Gasteiger partial charge in [-0.2, -0.15) is 0 Å². The third kappa shape index (κ3) is 3.22. The standard InChI is InChI=1S/C17H15Cl2NO2/c1-21-12-7-5-11(6-8-12)9-13-10-16(20-22-13)17-14(18)3-2-4-15(17)19/h2-8,10,13,20H,9H2,1H3. The van der Waals surface area contributed by atoms with Crippen molar-refractivity contribution in [3.63, 3.8) is 0 Å². The number of halogens is 2. The number of methoxy groups -OCH3 is 1. The number of hydrogen-bond donors (Lipinski definition) is 1. The maximum Gasteiger partial charge on any atom is 0.118 e. The molecular weight excluding hydrogens is 321 g/mol. The Labute approximate surface area is 139 Å². The van der Waals surface area contributed by atoms with E-state index in [1.54, 1.807) is 7.11 Å². The second kappa shape index (κ2) is 6.61. The van der Waals surface area contributed by atoms with Gasteiger partial charge in [-0.15, -0.1) is 0 Å². The van der Waals surface area contributed by atoms with Crippen LogP contribution in [-0.4, -0.2) is 13.2 Å². The molecular formula is C17H15Cl2NO2. The number of ether oxygens (including phenoxy) is 1. The van der Waals surface area contributed by atoms with Crippen LogP contribution in [0.4, 0.5) is 0 Å². The SMILES string of the molecule is COc1ccc(CC2C=C(c3c(Cl)cccc3Cl)NO2)cc1. The van der Waals surface area contributed by atoms with Gasteiger partial charge in [0.1, 0.15) is 11.9 Å². The van der Waals surface area contributed by atoms with Gasteiger partial charge in [-0.05, 0) is 35.9 Å². The highest BCUT2D eigenvalue weighted by Crippen LogP contribution is 2.32. The van der Waals surface area contributed by atoms with Gasteiger partial charge in [-0.1, -0.05) is 41.4 Å². The Kier molecular flexibility index (Phi) is 4.57. The molecule has 0 amide bonds. The van der Waals surface area contributed by atoms with Crippen LogP contribution >= 0.6 is 23.2 Å². The molecule has 1 unspecified atom stereocenters. The van der Waals surface area contributed by atoms with Crippen LogP contribution in [0.1, 0.15) is 11.1 Å². The van der Waals surface area contributed by atoms with Crippen molar-refractivity contribution in [3.05, 3.63) is 69.7 Å². The van der Waals surface area contributed by atoms with Gasteiger partial charge >= 0.3 is 0 Å². The van der Waals surface area contributed by atoms with Crippen molar-refractivity contribution in [1.82, 2.24) is 5.48 Å². The van der Waals surface area contributed by atoms with Crippen LogP contribution in [0.2, 0.25) is 10.0 Å². The van der Waals surface area contributed by atoms with Gasteiger partial charge < -0.3 is 4.74 Å². The third-order valence-corrected chi connectivity index (χ3v) is 4.13. The fraction of sp³-hybridized carbons (Fsp3) is 0.176. The molecule has 0 aromatic heterocycles. The van der Waals surface area contributed by atoms with E-state index in [-0.39, 0.29) is 6.10 Å². The van der Waals surface area contributed by atoms with E-state index < -0.39 is 0 Å². The first-order valence-corrected chi connectivity index (χ1v) is 7.64. The first-order valence-electron chi connectivity index (χ1n) is 6.88. The predicted molar refractivity (Wildman–Crippen MR) is 89.1 cm³/mol. The van der Waals surface area contributed by atoms with Crippen LogP contribution < -0.4 is 10.2 Å². The molecule has 0 fully saturated rings. The smallest absolute Gasteiger partial charge is 0.118 e. The van der Waals surface area contributed by atoms with Gasteiger partial charge in [0.25, 0.3) is 0 Å². The van der Waals surface area contributed by atoms with E-state index in [4.69, 9.17) is 32.8 Å². The van der Waals surface area contributed by atoms with E-state index in [1.165, 1.54) is 0 Å². The van der Waals surface area contributed by atoms with Gasteiger partial charge in [-0.25, -0.2) is 0 Å². The molecule has 1 N–H and O–H groups in total. The molecule has 2 aromatic rings. The molecule has 3 nitrogen and oxygen atoms in total. The molecule has 0 aliphatic carbocycles. The molecule has 22 heavy (non-hydrogen) atoms. The van der Waals surface area contributed by atoms with Gasteiger partial charge in [-0.3, -0.25) is 10.3 Å². The number of rotatable bonds is 4. The van der Waals surface area contributed by atoms with Gasteiger partial charge in [0.05, 0.1) is 22.9 Å². The highest BCUT2D eigenvalue weighted by atomic mass is 35.5. The second-order valence-corrected chi connectivity index (χ2v) is 5.80. The van der Waals surface area contributed by atoms with Crippen LogP contribution in [0.15, 0.2) is 48.5 Å². The maximum absolute atomic E-state index is 6.22. The molecule has 1 heterocycles. The highest BCUT2D eigenvalue weighted by Gasteiger charge is 2.21. The summed E-state index contributed by atoms with van der Waals surface area (Å²) in [5.41, 5.74) is 5.64. The zero-order chi connectivity index (χ0) is 15.5. The summed E-state index contributed by atoms with van der Waals surface area (Å²) in [5, 5.41) is 1.19. The van der Waals surface area contributed by atoms with Crippen molar-refractivity contribution in [2.24, 2.45) is 0 Å². The Morgan fingerprint density at radius 1 is 1.09 bits per heavy atom. The Bertz CT molecular complexity index is 678. The Morgan fingerprint density at radius 3 is 2.41 bits per heavy atom. The first-order chi connectivity index (χ1) is 10.7. The van der Waals surface area contributed by atoms with Crippen LogP contribution in [0.3, 0.4) is 0 Å². The van der Waals surface area contributed by atoms with E-state index in [2.05, 4.69) is 5.48 Å². The third-order valence-electron chi connectivity index (χ3n) is 3.50. The lowest BCUT2D eigenvalue weighted by Gasteiger charge is -2.09. The topological polar surface area (TPSA) is 30.5 Å². The van der Waals surface area contributed by atoms with Crippen LogP contribution in [-0.2, 0) is 11.3 Å². The molecule has 3 rings (SSSR count). The minimum absolute atomic E-state index is 0.0734. The van der Waals surface area contributed by atoms with Crippen LogP contribution in [0.5, 0.6) is 5.75 Å². The quantitative estimate of drug-likeness (QED) is 0.892. The molecule has 0 bridgehead atoms. The molecule has 2 aromatic carbocycles. The summed E-state index contributed by atoms with van der Waals surface area (Å²) in [6.07, 6.45) is 2.68. The second-order valence-electron chi connectivity index (χ2n) is 4.99. The van der Waals surface area contributed by atoms with E-state index in [1.807, 2.05) is 48.5 Å². The molecule has 5 heteroatoms. The van der Waals surface area contributed by atoms with Crippen LogP contribution in [0, 0.1) is 0 Å². The molecule has 0 saturated carbocycles. The Morgan fingerprint density at radius 2 is 1.77 bits per heavy atom. The molecule has 0 radical (unpaired) electrons. The van der Waals surface area contributed by atoms with Gasteiger partial charge in [0.15, 0.2) is 0 Å². The highest BCUT2D eigenvalue weighted by molar-refractivity contribution is 6.37. The van der Waals surface area contributed by atoms with E-state index in [0.717, 1.165) is 29.0 Å². The molecule has 0 saturated heterocycles. The number of hydrogen-bond acceptors (Lipinski definition) is 3. The van der Waals surface area contributed by atoms with Crippen LogP contribution in [0.25, 0.3) is 5.70 Å². The summed E-state index contributed by atoms with van der Waals surface area (Å²) in [6, 6.07) is 13.4. The zero-order valence-electron chi connectivity index (χ0n) is 12.0. The summed E-state index contributed by atoms with van der Waals surface area (Å²) in [4.78, 5) is 5.60. The van der Waals surface area contributed by atoms with Crippen molar-refractivity contribution >= 4 is 28.9 Å². The summed E-state index contributed by atoms with van der Waals surface area (Å²) in [7, 11) is 1.65. The average Bonchev–Trinajstić information content (AvgIpc) is 2.96. The predicted octanol–water partition coefficient (Wildman–Crippen LogP) is 4.49. The molecule has 0 spiro atoms. The lowest BCUT2D eigenvalue weighted by Crippen LogP contribution is -2.14. The summed E-state index contributed by atoms with van der Waals surface area (Å²) in [6.45, 7) is 0. The minimum atomic E-state index is -0.0734. The summed E-state index contributed by atoms with van der Waals surface area (Å²) in [5.74, 6) is 0.841. The van der Waals surface area contributed by atoms with E-state index in [9.17, 15) is 0 Å². The van der Waals surface area contributed by atoms with Crippen molar-refractivity contribution < 1.29 is 9.57 Å². The lowest BCUT2D eigenvalue weighted by molar-refractivity contribution is 0.0519.